The molecular formula is C19H20ClN3O2. The van der Waals surface area contributed by atoms with Gasteiger partial charge in [0, 0.05) is 23.4 Å². The van der Waals surface area contributed by atoms with Gasteiger partial charge in [-0.2, -0.15) is 0 Å². The number of aromatic nitrogens is 3. The van der Waals surface area contributed by atoms with Gasteiger partial charge in [0.1, 0.15) is 17.7 Å². The third kappa shape index (κ3) is 4.00. The van der Waals surface area contributed by atoms with Crippen molar-refractivity contribution in [3.05, 3.63) is 59.4 Å². The number of hydrogen-bond acceptors (Lipinski definition) is 4. The van der Waals surface area contributed by atoms with E-state index in [0.717, 1.165) is 28.6 Å². The Morgan fingerprint density at radius 2 is 1.72 bits per heavy atom. The molecule has 0 saturated carbocycles. The first-order chi connectivity index (χ1) is 12.1. The lowest BCUT2D eigenvalue weighted by Gasteiger charge is -2.14. The molecule has 0 spiro atoms. The summed E-state index contributed by atoms with van der Waals surface area (Å²) in [5.41, 5.74) is 1.93. The Balaban J connectivity index is 1.89. The lowest BCUT2D eigenvalue weighted by molar-refractivity contribution is 0.0921. The summed E-state index contributed by atoms with van der Waals surface area (Å²) in [5, 5.41) is 9.24. The van der Waals surface area contributed by atoms with E-state index in [4.69, 9.17) is 21.1 Å². The van der Waals surface area contributed by atoms with Crippen molar-refractivity contribution in [1.29, 1.82) is 0 Å². The summed E-state index contributed by atoms with van der Waals surface area (Å²) in [5.74, 6) is 2.38. The quantitative estimate of drug-likeness (QED) is 0.659. The highest BCUT2D eigenvalue weighted by atomic mass is 35.5. The van der Waals surface area contributed by atoms with Crippen LogP contribution in [0.5, 0.6) is 5.75 Å². The average Bonchev–Trinajstić information content (AvgIpc) is 2.98. The van der Waals surface area contributed by atoms with Gasteiger partial charge in [0.05, 0.1) is 6.61 Å². The number of benzene rings is 2. The van der Waals surface area contributed by atoms with Crippen LogP contribution in [-0.4, -0.2) is 34.6 Å². The number of rotatable bonds is 6. The van der Waals surface area contributed by atoms with Crippen molar-refractivity contribution in [2.45, 2.75) is 20.0 Å². The molecule has 0 aliphatic carbocycles. The Morgan fingerprint density at radius 3 is 2.36 bits per heavy atom. The van der Waals surface area contributed by atoms with Crippen LogP contribution in [0.15, 0.2) is 48.5 Å². The molecule has 0 unspecified atom stereocenters. The number of aryl methyl sites for hydroxylation is 1. The maximum absolute atomic E-state index is 5.99. The first-order valence-electron chi connectivity index (χ1n) is 8.02. The maximum Gasteiger partial charge on any atom is 0.168 e. The van der Waals surface area contributed by atoms with Gasteiger partial charge >= 0.3 is 0 Å². The largest absolute Gasteiger partial charge is 0.488 e. The zero-order valence-electron chi connectivity index (χ0n) is 14.4. The molecule has 25 heavy (non-hydrogen) atoms. The Morgan fingerprint density at radius 1 is 1.04 bits per heavy atom. The topological polar surface area (TPSA) is 49.2 Å². The molecule has 0 saturated heterocycles. The molecule has 0 aliphatic rings. The van der Waals surface area contributed by atoms with E-state index < -0.39 is 0 Å². The van der Waals surface area contributed by atoms with Gasteiger partial charge in [0.25, 0.3) is 0 Å². The minimum Gasteiger partial charge on any atom is -0.488 e. The highest BCUT2D eigenvalue weighted by molar-refractivity contribution is 6.30. The summed E-state index contributed by atoms with van der Waals surface area (Å²) >= 11 is 5.99. The Bertz CT molecular complexity index is 829. The second kappa shape index (κ2) is 7.68. The number of methoxy groups -OCH3 is 1. The van der Waals surface area contributed by atoms with E-state index in [1.807, 2.05) is 66.9 Å². The van der Waals surface area contributed by atoms with Gasteiger partial charge < -0.3 is 9.47 Å². The molecule has 0 fully saturated rings. The molecular weight excluding hydrogens is 338 g/mol. The monoisotopic (exact) mass is 357 g/mol. The average molecular weight is 358 g/mol. The summed E-state index contributed by atoms with van der Waals surface area (Å²) in [6.07, 6.45) is -0.00388. The van der Waals surface area contributed by atoms with Crippen LogP contribution in [0.1, 0.15) is 12.7 Å². The highest BCUT2D eigenvalue weighted by Crippen LogP contribution is 2.25. The molecule has 5 nitrogen and oxygen atoms in total. The van der Waals surface area contributed by atoms with Crippen LogP contribution in [0.2, 0.25) is 5.02 Å². The summed E-state index contributed by atoms with van der Waals surface area (Å²) in [6.45, 7) is 4.44. The standard InChI is InChI=1S/C19H20ClN3O2/c1-13(12-24-3)25-18-10-4-15(5-11-18)19-22-21-14(2)23(19)17-8-6-16(20)7-9-17/h4-11,13H,12H2,1-3H3/t13-/m1/s1. The second-order valence-corrected chi connectivity index (χ2v) is 6.23. The normalized spacial score (nSPS) is 12.2. The molecule has 0 bridgehead atoms. The molecule has 6 heteroatoms. The van der Waals surface area contributed by atoms with Crippen LogP contribution in [0.4, 0.5) is 0 Å². The third-order valence-electron chi connectivity index (χ3n) is 3.76. The zero-order chi connectivity index (χ0) is 17.8. The predicted molar refractivity (Wildman–Crippen MR) is 98.5 cm³/mol. The highest BCUT2D eigenvalue weighted by Gasteiger charge is 2.13. The zero-order valence-corrected chi connectivity index (χ0v) is 15.2. The number of nitrogens with zero attached hydrogens (tertiary/aromatic N) is 3. The van der Waals surface area contributed by atoms with Crippen LogP contribution in [0.3, 0.4) is 0 Å². The molecule has 1 aromatic heterocycles. The molecule has 2 aromatic carbocycles. The van der Waals surface area contributed by atoms with E-state index in [1.165, 1.54) is 0 Å². The van der Waals surface area contributed by atoms with Crippen molar-refractivity contribution >= 4 is 11.6 Å². The van der Waals surface area contributed by atoms with Gasteiger partial charge in [-0.05, 0) is 62.4 Å². The number of ether oxygens (including phenoxy) is 2. The Labute approximate surface area is 152 Å². The smallest absolute Gasteiger partial charge is 0.168 e. The van der Waals surface area contributed by atoms with Crippen molar-refractivity contribution in [2.75, 3.05) is 13.7 Å². The minimum absolute atomic E-state index is 0.00388. The van der Waals surface area contributed by atoms with E-state index in [0.29, 0.717) is 11.6 Å². The van der Waals surface area contributed by atoms with Crippen LogP contribution in [0, 0.1) is 6.92 Å². The first-order valence-corrected chi connectivity index (χ1v) is 8.40. The van der Waals surface area contributed by atoms with E-state index in [1.54, 1.807) is 7.11 Å². The van der Waals surface area contributed by atoms with Gasteiger partial charge in [-0.3, -0.25) is 4.57 Å². The summed E-state index contributed by atoms with van der Waals surface area (Å²) < 4.78 is 12.9. The number of hydrogen-bond donors (Lipinski definition) is 0. The molecule has 3 aromatic rings. The molecule has 1 atom stereocenters. The molecule has 0 aliphatic heterocycles. The summed E-state index contributed by atoms with van der Waals surface area (Å²) in [7, 11) is 1.66. The second-order valence-electron chi connectivity index (χ2n) is 5.79. The Hall–Kier alpha value is -2.37. The fourth-order valence-electron chi connectivity index (χ4n) is 2.63. The van der Waals surface area contributed by atoms with Crippen molar-refractivity contribution in [1.82, 2.24) is 14.8 Å². The lowest BCUT2D eigenvalue weighted by atomic mass is 10.2. The van der Waals surface area contributed by atoms with Crippen LogP contribution in [-0.2, 0) is 4.74 Å². The molecule has 1 heterocycles. The van der Waals surface area contributed by atoms with Gasteiger partial charge in [0.15, 0.2) is 5.82 Å². The molecule has 0 radical (unpaired) electrons. The summed E-state index contributed by atoms with van der Waals surface area (Å²) in [6, 6.07) is 15.4. The van der Waals surface area contributed by atoms with Crippen molar-refractivity contribution in [3.63, 3.8) is 0 Å². The van der Waals surface area contributed by atoms with E-state index in [2.05, 4.69) is 10.2 Å². The SMILES string of the molecule is COC[C@@H](C)Oc1ccc(-c2nnc(C)n2-c2ccc(Cl)cc2)cc1. The van der Waals surface area contributed by atoms with Crippen LogP contribution < -0.4 is 4.74 Å². The molecule has 0 amide bonds. The molecule has 0 N–H and O–H groups in total. The Kier molecular flexibility index (Phi) is 5.36. The predicted octanol–water partition coefficient (Wildman–Crippen LogP) is 4.31. The molecule has 3 rings (SSSR count). The molecule has 130 valence electrons. The van der Waals surface area contributed by atoms with Crippen molar-refractivity contribution < 1.29 is 9.47 Å². The van der Waals surface area contributed by atoms with Crippen LogP contribution in [0.25, 0.3) is 17.1 Å². The van der Waals surface area contributed by atoms with Gasteiger partial charge in [-0.25, -0.2) is 0 Å². The van der Waals surface area contributed by atoms with Gasteiger partial charge in [-0.15, -0.1) is 10.2 Å². The van der Waals surface area contributed by atoms with Gasteiger partial charge in [-0.1, -0.05) is 11.6 Å². The maximum atomic E-state index is 5.99. The van der Waals surface area contributed by atoms with Gasteiger partial charge in [0.2, 0.25) is 0 Å². The first kappa shape index (κ1) is 17.5. The van der Waals surface area contributed by atoms with E-state index >= 15 is 0 Å². The van der Waals surface area contributed by atoms with Crippen LogP contribution >= 0.6 is 11.6 Å². The lowest BCUT2D eigenvalue weighted by Crippen LogP contribution is -2.17. The minimum atomic E-state index is -0.00388. The van der Waals surface area contributed by atoms with E-state index in [-0.39, 0.29) is 6.10 Å². The fraction of sp³-hybridized carbons (Fsp3) is 0.263. The number of halogens is 1. The van der Waals surface area contributed by atoms with Crippen molar-refractivity contribution in [2.24, 2.45) is 0 Å². The third-order valence-corrected chi connectivity index (χ3v) is 4.01. The van der Waals surface area contributed by atoms with Crippen molar-refractivity contribution in [3.8, 4) is 22.8 Å². The fourth-order valence-corrected chi connectivity index (χ4v) is 2.76. The van der Waals surface area contributed by atoms with E-state index in [9.17, 15) is 0 Å². The summed E-state index contributed by atoms with van der Waals surface area (Å²) in [4.78, 5) is 0.